The van der Waals surface area contributed by atoms with Crippen LogP contribution in [-0.2, 0) is 6.54 Å². The Balaban J connectivity index is 1.32. The lowest BCUT2D eigenvalue weighted by atomic mass is 9.81. The van der Waals surface area contributed by atoms with E-state index in [1.165, 1.54) is 31.7 Å². The number of rotatable bonds is 6. The molecule has 2 N–H and O–H groups in total. The first-order chi connectivity index (χ1) is 16.1. The smallest absolute Gasteiger partial charge is 0.123 e. The summed E-state index contributed by atoms with van der Waals surface area (Å²) in [4.78, 5) is 6.85. The van der Waals surface area contributed by atoms with Crippen LogP contribution in [0.25, 0.3) is 16.6 Å². The van der Waals surface area contributed by atoms with Crippen molar-refractivity contribution in [1.29, 1.82) is 0 Å². The highest BCUT2D eigenvalue weighted by atomic mass is 35.5. The Morgan fingerprint density at radius 2 is 2.00 bits per heavy atom. The third kappa shape index (κ3) is 4.99. The Kier molecular flexibility index (Phi) is 6.52. The van der Waals surface area contributed by atoms with Crippen LogP contribution in [0.2, 0.25) is 0 Å². The van der Waals surface area contributed by atoms with E-state index in [0.717, 1.165) is 52.4 Å². The van der Waals surface area contributed by atoms with Crippen LogP contribution < -0.4 is 5.73 Å². The van der Waals surface area contributed by atoms with Crippen LogP contribution in [-0.4, -0.2) is 34.1 Å². The molecule has 3 aromatic rings. The van der Waals surface area contributed by atoms with Crippen LogP contribution >= 0.6 is 11.6 Å². The summed E-state index contributed by atoms with van der Waals surface area (Å²) in [5, 5.41) is 0.767. The maximum absolute atomic E-state index is 13.6. The Morgan fingerprint density at radius 1 is 1.12 bits per heavy atom. The van der Waals surface area contributed by atoms with Crippen molar-refractivity contribution in [3.05, 3.63) is 83.0 Å². The molecule has 0 bridgehead atoms. The summed E-state index contributed by atoms with van der Waals surface area (Å²) in [5.74, 6) is 1.14. The topological polar surface area (TPSA) is 47.1 Å². The molecule has 2 unspecified atom stereocenters. The number of nitrogens with two attached hydrogens (primary N) is 1. The van der Waals surface area contributed by atoms with Crippen LogP contribution in [0.3, 0.4) is 0 Å². The van der Waals surface area contributed by atoms with Gasteiger partial charge in [-0.25, -0.2) is 9.37 Å². The quantitative estimate of drug-likeness (QED) is 0.504. The summed E-state index contributed by atoms with van der Waals surface area (Å²) in [5.41, 5.74) is 10.9. The minimum Gasteiger partial charge on any atom is -0.372 e. The van der Waals surface area contributed by atoms with Gasteiger partial charge in [0.05, 0.1) is 22.4 Å². The zero-order valence-electron chi connectivity index (χ0n) is 18.8. The van der Waals surface area contributed by atoms with Gasteiger partial charge in [0.15, 0.2) is 0 Å². The van der Waals surface area contributed by atoms with Gasteiger partial charge in [-0.05, 0) is 78.6 Å². The number of aromatic nitrogens is 2. The highest BCUT2D eigenvalue weighted by Crippen LogP contribution is 2.34. The molecule has 0 amide bonds. The van der Waals surface area contributed by atoms with Crippen molar-refractivity contribution in [2.45, 2.75) is 32.2 Å². The second-order valence-electron chi connectivity index (χ2n) is 9.39. The molecule has 33 heavy (non-hydrogen) atoms. The van der Waals surface area contributed by atoms with Crippen molar-refractivity contribution in [1.82, 2.24) is 14.5 Å². The molecule has 172 valence electrons. The summed E-state index contributed by atoms with van der Waals surface area (Å²) in [7, 11) is 0. The second kappa shape index (κ2) is 9.70. The van der Waals surface area contributed by atoms with Crippen molar-refractivity contribution in [3.8, 4) is 0 Å². The fourth-order valence-corrected chi connectivity index (χ4v) is 5.59. The van der Waals surface area contributed by atoms with Gasteiger partial charge in [0.2, 0.25) is 0 Å². The molecule has 0 saturated heterocycles. The van der Waals surface area contributed by atoms with Gasteiger partial charge in [0.1, 0.15) is 5.82 Å². The van der Waals surface area contributed by atoms with E-state index in [4.69, 9.17) is 17.3 Å². The number of halogens is 2. The zero-order chi connectivity index (χ0) is 22.8. The van der Waals surface area contributed by atoms with Gasteiger partial charge in [-0.3, -0.25) is 0 Å². The SMILES string of the molecule is NCC1CCCC(CN2C=C(Cl)C(c3ccc4ncn(Cc5cccc(F)c5)c4c3)=CC2)C1. The van der Waals surface area contributed by atoms with Gasteiger partial charge in [-0.2, -0.15) is 0 Å². The number of hydrogen-bond acceptors (Lipinski definition) is 3. The van der Waals surface area contributed by atoms with Gasteiger partial charge < -0.3 is 15.2 Å². The first-order valence-electron chi connectivity index (χ1n) is 11.8. The van der Waals surface area contributed by atoms with Crippen molar-refractivity contribution < 1.29 is 4.39 Å². The Morgan fingerprint density at radius 3 is 2.82 bits per heavy atom. The number of hydrogen-bond donors (Lipinski definition) is 1. The lowest BCUT2D eigenvalue weighted by Gasteiger charge is -2.33. The molecule has 2 aromatic carbocycles. The number of imidazole rings is 1. The van der Waals surface area contributed by atoms with E-state index in [1.54, 1.807) is 12.1 Å². The van der Waals surface area contributed by atoms with Crippen molar-refractivity contribution in [3.63, 3.8) is 0 Å². The van der Waals surface area contributed by atoms with E-state index < -0.39 is 0 Å². The largest absolute Gasteiger partial charge is 0.372 e. The highest BCUT2D eigenvalue weighted by molar-refractivity contribution is 6.37. The van der Waals surface area contributed by atoms with Crippen LogP contribution in [0, 0.1) is 17.7 Å². The van der Waals surface area contributed by atoms with E-state index in [0.29, 0.717) is 18.4 Å². The minimum absolute atomic E-state index is 0.224. The molecule has 5 rings (SSSR count). The first kappa shape index (κ1) is 22.2. The molecule has 1 aromatic heterocycles. The molecule has 2 atom stereocenters. The maximum Gasteiger partial charge on any atom is 0.123 e. The fraction of sp³-hybridized carbons (Fsp3) is 0.370. The molecule has 1 aliphatic heterocycles. The van der Waals surface area contributed by atoms with Crippen molar-refractivity contribution >= 4 is 28.2 Å². The van der Waals surface area contributed by atoms with Crippen LogP contribution in [0.15, 0.2) is 66.1 Å². The van der Waals surface area contributed by atoms with Gasteiger partial charge in [0, 0.05) is 25.8 Å². The Hall–Kier alpha value is -2.63. The van der Waals surface area contributed by atoms with Gasteiger partial charge >= 0.3 is 0 Å². The molecule has 1 saturated carbocycles. The summed E-state index contributed by atoms with van der Waals surface area (Å²) >= 11 is 6.76. The van der Waals surface area contributed by atoms with E-state index in [-0.39, 0.29) is 5.82 Å². The molecule has 4 nitrogen and oxygen atoms in total. The second-order valence-corrected chi connectivity index (χ2v) is 9.80. The van der Waals surface area contributed by atoms with Gasteiger partial charge in [-0.15, -0.1) is 0 Å². The monoisotopic (exact) mass is 464 g/mol. The number of allylic oxidation sites excluding steroid dienone is 2. The molecular formula is C27H30ClFN4. The predicted molar refractivity (Wildman–Crippen MR) is 133 cm³/mol. The molecule has 1 fully saturated rings. The highest BCUT2D eigenvalue weighted by Gasteiger charge is 2.23. The van der Waals surface area contributed by atoms with E-state index >= 15 is 0 Å². The lowest BCUT2D eigenvalue weighted by molar-refractivity contribution is 0.220. The van der Waals surface area contributed by atoms with E-state index in [2.05, 4.69) is 38.9 Å². The van der Waals surface area contributed by atoms with Crippen molar-refractivity contribution in [2.24, 2.45) is 17.6 Å². The predicted octanol–water partition coefficient (Wildman–Crippen LogP) is 5.77. The van der Waals surface area contributed by atoms with Crippen molar-refractivity contribution in [2.75, 3.05) is 19.6 Å². The van der Waals surface area contributed by atoms with Crippen LogP contribution in [0.1, 0.15) is 36.8 Å². The molecule has 0 spiro atoms. The third-order valence-corrected chi connectivity index (χ3v) is 7.28. The molecule has 0 radical (unpaired) electrons. The average Bonchev–Trinajstić information content (AvgIpc) is 3.21. The standard InChI is InChI=1S/C27H30ClFN4/c28-25-17-32(15-20-4-1-3-19(11-20)14-30)10-9-24(25)22-7-8-26-27(13-22)33(18-31-26)16-21-5-2-6-23(29)12-21/h2,5-9,12-13,17-20H,1,3-4,10-11,14-16,30H2. The van der Waals surface area contributed by atoms with Gasteiger partial charge in [-0.1, -0.05) is 42.3 Å². The maximum atomic E-state index is 13.6. The Labute approximate surface area is 199 Å². The van der Waals surface area contributed by atoms with E-state index in [1.807, 2.05) is 18.5 Å². The molecular weight excluding hydrogens is 435 g/mol. The summed E-state index contributed by atoms with van der Waals surface area (Å²) in [6.07, 6.45) is 11.2. The van der Waals surface area contributed by atoms with Crippen LogP contribution in [0.4, 0.5) is 4.39 Å². The molecule has 2 heterocycles. The molecule has 2 aliphatic rings. The fourth-order valence-electron chi connectivity index (χ4n) is 5.27. The minimum atomic E-state index is -0.224. The lowest BCUT2D eigenvalue weighted by Crippen LogP contribution is -2.32. The van der Waals surface area contributed by atoms with E-state index in [9.17, 15) is 4.39 Å². The normalized spacial score (nSPS) is 21.2. The summed E-state index contributed by atoms with van der Waals surface area (Å²) in [6.45, 7) is 3.26. The van der Waals surface area contributed by atoms with Gasteiger partial charge in [0.25, 0.3) is 0 Å². The number of benzene rings is 2. The summed E-state index contributed by atoms with van der Waals surface area (Å²) < 4.78 is 15.7. The Bertz CT molecular complexity index is 1200. The number of nitrogens with zero attached hydrogens (tertiary/aromatic N) is 3. The first-order valence-corrected chi connectivity index (χ1v) is 12.2. The summed E-state index contributed by atoms with van der Waals surface area (Å²) in [6, 6.07) is 12.9. The molecule has 6 heteroatoms. The number of fused-ring (bicyclic) bond motifs is 1. The third-order valence-electron chi connectivity index (χ3n) is 6.97. The average molecular weight is 465 g/mol. The zero-order valence-corrected chi connectivity index (χ0v) is 19.5. The van der Waals surface area contributed by atoms with Crippen LogP contribution in [0.5, 0.6) is 0 Å². The molecule has 1 aliphatic carbocycles.